The van der Waals surface area contributed by atoms with Gasteiger partial charge in [-0.25, -0.2) is 0 Å². The van der Waals surface area contributed by atoms with Gasteiger partial charge in [-0.05, 0) is 18.4 Å². The minimum absolute atomic E-state index is 0.388. The molecule has 0 fully saturated rings. The van der Waals surface area contributed by atoms with E-state index in [1.54, 1.807) is 0 Å². The molecule has 3 nitrogen and oxygen atoms in total. The molecular formula is C11H17ClN2O. The summed E-state index contributed by atoms with van der Waals surface area (Å²) >= 11 is 5.60. The highest BCUT2D eigenvalue weighted by Gasteiger charge is 2.03. The van der Waals surface area contributed by atoms with Crippen LogP contribution >= 0.6 is 11.6 Å². The Morgan fingerprint density at radius 2 is 2.20 bits per heavy atom. The summed E-state index contributed by atoms with van der Waals surface area (Å²) in [7, 11) is 0. The number of ether oxygens (including phenoxy) is 1. The molecule has 4 heteroatoms. The van der Waals surface area contributed by atoms with Gasteiger partial charge in [0.2, 0.25) is 5.88 Å². The van der Waals surface area contributed by atoms with E-state index in [1.165, 1.54) is 12.8 Å². The summed E-state index contributed by atoms with van der Waals surface area (Å²) in [4.78, 5) is 0. The maximum Gasteiger partial charge on any atom is 0.233 e. The Balaban J connectivity index is 2.37. The Kier molecular flexibility index (Phi) is 5.40. The summed E-state index contributed by atoms with van der Waals surface area (Å²) in [6.07, 6.45) is 2.36. The van der Waals surface area contributed by atoms with E-state index in [0.29, 0.717) is 24.3 Å². The highest BCUT2D eigenvalue weighted by molar-refractivity contribution is 6.16. The zero-order chi connectivity index (χ0) is 11.1. The molecule has 0 aliphatic carbocycles. The number of rotatable bonds is 6. The monoisotopic (exact) mass is 228 g/mol. The Morgan fingerprint density at radius 1 is 1.40 bits per heavy atom. The van der Waals surface area contributed by atoms with Crippen LogP contribution < -0.4 is 4.74 Å². The van der Waals surface area contributed by atoms with Gasteiger partial charge in [-0.15, -0.1) is 16.7 Å². The minimum atomic E-state index is 0.388. The largest absolute Gasteiger partial charge is 0.476 e. The van der Waals surface area contributed by atoms with Crippen molar-refractivity contribution in [3.63, 3.8) is 0 Å². The predicted octanol–water partition coefficient (Wildman–Crippen LogP) is 3.03. The summed E-state index contributed by atoms with van der Waals surface area (Å²) in [6, 6.07) is 3.64. The minimum Gasteiger partial charge on any atom is -0.476 e. The highest BCUT2D eigenvalue weighted by atomic mass is 35.5. The van der Waals surface area contributed by atoms with Crippen LogP contribution in [0.2, 0.25) is 0 Å². The molecule has 0 N–H and O–H groups in total. The van der Waals surface area contributed by atoms with E-state index < -0.39 is 0 Å². The van der Waals surface area contributed by atoms with Crippen LogP contribution in [0.3, 0.4) is 0 Å². The first-order valence-electron chi connectivity index (χ1n) is 5.27. The molecule has 1 rings (SSSR count). The summed E-state index contributed by atoms with van der Waals surface area (Å²) in [5.74, 6) is 1.52. The van der Waals surface area contributed by atoms with E-state index in [0.717, 1.165) is 5.69 Å². The van der Waals surface area contributed by atoms with Crippen molar-refractivity contribution in [3.05, 3.63) is 17.8 Å². The summed E-state index contributed by atoms with van der Waals surface area (Å²) in [5.41, 5.74) is 0.769. The lowest BCUT2D eigenvalue weighted by molar-refractivity contribution is 0.240. The molecule has 15 heavy (non-hydrogen) atoms. The fraction of sp³-hybridized carbons (Fsp3) is 0.636. The Hall–Kier alpha value is -0.830. The molecule has 84 valence electrons. The van der Waals surface area contributed by atoms with E-state index in [-0.39, 0.29) is 0 Å². The molecule has 0 saturated heterocycles. The van der Waals surface area contributed by atoms with Gasteiger partial charge in [0, 0.05) is 6.07 Å². The van der Waals surface area contributed by atoms with Gasteiger partial charge < -0.3 is 4.74 Å². The topological polar surface area (TPSA) is 35.0 Å². The predicted molar refractivity (Wildman–Crippen MR) is 61.2 cm³/mol. The van der Waals surface area contributed by atoms with Gasteiger partial charge in [-0.3, -0.25) is 0 Å². The van der Waals surface area contributed by atoms with Gasteiger partial charge in [-0.1, -0.05) is 20.3 Å². The molecule has 1 atom stereocenters. The van der Waals surface area contributed by atoms with Gasteiger partial charge in [-0.2, -0.15) is 5.10 Å². The first-order valence-corrected chi connectivity index (χ1v) is 5.81. The van der Waals surface area contributed by atoms with Crippen LogP contribution in [-0.2, 0) is 5.88 Å². The normalized spacial score (nSPS) is 12.5. The van der Waals surface area contributed by atoms with E-state index in [4.69, 9.17) is 16.3 Å². The molecule has 0 spiro atoms. The smallest absolute Gasteiger partial charge is 0.233 e. The second-order valence-electron chi connectivity index (χ2n) is 3.70. The number of halogens is 1. The molecule has 1 unspecified atom stereocenters. The Bertz CT molecular complexity index is 276. The molecule has 0 aliphatic rings. The first-order chi connectivity index (χ1) is 7.26. The molecule has 0 amide bonds. The summed E-state index contributed by atoms with van der Waals surface area (Å²) in [6.45, 7) is 5.04. The first kappa shape index (κ1) is 12.2. The molecule has 0 aromatic carbocycles. The average Bonchev–Trinajstić information content (AvgIpc) is 2.27. The van der Waals surface area contributed by atoms with E-state index >= 15 is 0 Å². The molecule has 0 aliphatic heterocycles. The van der Waals surface area contributed by atoms with E-state index in [1.807, 2.05) is 12.1 Å². The molecule has 0 radical (unpaired) electrons. The Labute approximate surface area is 95.8 Å². The van der Waals surface area contributed by atoms with Gasteiger partial charge in [0.1, 0.15) is 0 Å². The van der Waals surface area contributed by atoms with Crippen molar-refractivity contribution in [2.75, 3.05) is 6.61 Å². The fourth-order valence-electron chi connectivity index (χ4n) is 1.30. The second-order valence-corrected chi connectivity index (χ2v) is 3.97. The SMILES string of the molecule is CCCC(C)COc1ccc(CCl)nn1. The van der Waals surface area contributed by atoms with Gasteiger partial charge in [0.15, 0.2) is 0 Å². The lowest BCUT2D eigenvalue weighted by Gasteiger charge is -2.10. The van der Waals surface area contributed by atoms with Gasteiger partial charge >= 0.3 is 0 Å². The van der Waals surface area contributed by atoms with Crippen molar-refractivity contribution in [3.8, 4) is 5.88 Å². The van der Waals surface area contributed by atoms with Crippen LogP contribution in [0.4, 0.5) is 0 Å². The van der Waals surface area contributed by atoms with Crippen LogP contribution in [0, 0.1) is 5.92 Å². The van der Waals surface area contributed by atoms with Crippen molar-refractivity contribution < 1.29 is 4.74 Å². The quantitative estimate of drug-likeness (QED) is 0.702. The lowest BCUT2D eigenvalue weighted by atomic mass is 10.1. The number of aromatic nitrogens is 2. The van der Waals surface area contributed by atoms with E-state index in [2.05, 4.69) is 24.0 Å². The number of hydrogen-bond donors (Lipinski definition) is 0. The third-order valence-electron chi connectivity index (χ3n) is 2.13. The maximum absolute atomic E-state index is 5.60. The Morgan fingerprint density at radius 3 is 2.73 bits per heavy atom. The second kappa shape index (κ2) is 6.62. The van der Waals surface area contributed by atoms with Crippen LogP contribution in [0.5, 0.6) is 5.88 Å². The third kappa shape index (κ3) is 4.47. The molecule has 1 heterocycles. The molecule has 1 aromatic rings. The lowest BCUT2D eigenvalue weighted by Crippen LogP contribution is -2.09. The number of nitrogens with zero attached hydrogens (tertiary/aromatic N) is 2. The average molecular weight is 229 g/mol. The van der Waals surface area contributed by atoms with Gasteiger partial charge in [0.05, 0.1) is 18.2 Å². The number of alkyl halides is 1. The van der Waals surface area contributed by atoms with Crippen molar-refractivity contribution in [1.29, 1.82) is 0 Å². The highest BCUT2D eigenvalue weighted by Crippen LogP contribution is 2.10. The van der Waals surface area contributed by atoms with Crippen LogP contribution in [0.15, 0.2) is 12.1 Å². The molecule has 0 saturated carbocycles. The van der Waals surface area contributed by atoms with Gasteiger partial charge in [0.25, 0.3) is 0 Å². The van der Waals surface area contributed by atoms with Crippen LogP contribution in [0.25, 0.3) is 0 Å². The molecule has 1 aromatic heterocycles. The fourth-order valence-corrected chi connectivity index (χ4v) is 1.44. The van der Waals surface area contributed by atoms with Crippen molar-refractivity contribution >= 4 is 11.6 Å². The zero-order valence-electron chi connectivity index (χ0n) is 9.24. The van der Waals surface area contributed by atoms with Crippen molar-refractivity contribution in [2.24, 2.45) is 5.92 Å². The molecular weight excluding hydrogens is 212 g/mol. The van der Waals surface area contributed by atoms with Crippen LogP contribution in [-0.4, -0.2) is 16.8 Å². The summed E-state index contributed by atoms with van der Waals surface area (Å²) in [5, 5.41) is 7.84. The van der Waals surface area contributed by atoms with Crippen LogP contribution in [0.1, 0.15) is 32.4 Å². The maximum atomic E-state index is 5.60. The van der Waals surface area contributed by atoms with Crippen molar-refractivity contribution in [2.45, 2.75) is 32.6 Å². The number of hydrogen-bond acceptors (Lipinski definition) is 3. The van der Waals surface area contributed by atoms with E-state index in [9.17, 15) is 0 Å². The zero-order valence-corrected chi connectivity index (χ0v) is 10.00. The third-order valence-corrected chi connectivity index (χ3v) is 2.40. The summed E-state index contributed by atoms with van der Waals surface area (Å²) < 4.78 is 5.50. The van der Waals surface area contributed by atoms with Crippen molar-refractivity contribution in [1.82, 2.24) is 10.2 Å². The molecule has 0 bridgehead atoms. The standard InChI is InChI=1S/C11H17ClN2O/c1-3-4-9(2)8-15-11-6-5-10(7-12)13-14-11/h5-6,9H,3-4,7-8H2,1-2H3.